The Morgan fingerprint density at radius 2 is 1.69 bits per heavy atom. The fourth-order valence-electron chi connectivity index (χ4n) is 4.12. The first kappa shape index (κ1) is 21.3. The Kier molecular flexibility index (Phi) is 6.31. The summed E-state index contributed by atoms with van der Waals surface area (Å²) in [5.41, 5.74) is 3.16. The number of carbonyl (C=O) groups excluding carboxylic acids is 2. The van der Waals surface area contributed by atoms with Crippen molar-refractivity contribution in [2.75, 3.05) is 11.9 Å². The molecule has 32 heavy (non-hydrogen) atoms. The second-order valence-corrected chi connectivity index (χ2v) is 7.68. The molecule has 0 heterocycles. The normalized spacial score (nSPS) is 14.8. The number of ether oxygens (including phenoxy) is 1. The highest BCUT2D eigenvalue weighted by molar-refractivity contribution is 6.14. The number of hydrogen-bond acceptors (Lipinski definition) is 4. The molecule has 0 fully saturated rings. The van der Waals surface area contributed by atoms with Crippen molar-refractivity contribution in [3.63, 3.8) is 0 Å². The SMILES string of the molecule is O=C(O)COc1cccc2c1CCCC2C(=O)Nc1ccccc1C(=O)c1ccccc1. The maximum absolute atomic E-state index is 13.3. The van der Waals surface area contributed by atoms with Gasteiger partial charge in [-0.1, -0.05) is 54.6 Å². The van der Waals surface area contributed by atoms with Gasteiger partial charge < -0.3 is 15.2 Å². The van der Waals surface area contributed by atoms with Crippen molar-refractivity contribution < 1.29 is 24.2 Å². The van der Waals surface area contributed by atoms with Gasteiger partial charge in [-0.2, -0.15) is 0 Å². The molecule has 3 aromatic carbocycles. The van der Waals surface area contributed by atoms with Crippen LogP contribution < -0.4 is 10.1 Å². The van der Waals surface area contributed by atoms with E-state index in [9.17, 15) is 14.4 Å². The molecule has 3 aromatic rings. The van der Waals surface area contributed by atoms with Gasteiger partial charge in [0, 0.05) is 11.1 Å². The Bertz CT molecular complexity index is 1160. The summed E-state index contributed by atoms with van der Waals surface area (Å²) in [6.07, 6.45) is 2.16. The quantitative estimate of drug-likeness (QED) is 0.542. The fourth-order valence-corrected chi connectivity index (χ4v) is 4.12. The van der Waals surface area contributed by atoms with E-state index in [1.807, 2.05) is 12.1 Å². The van der Waals surface area contributed by atoms with Crippen LogP contribution in [0.15, 0.2) is 72.8 Å². The van der Waals surface area contributed by atoms with Crippen LogP contribution in [-0.2, 0) is 16.0 Å². The number of amides is 1. The summed E-state index contributed by atoms with van der Waals surface area (Å²) in [6.45, 7) is -0.428. The van der Waals surface area contributed by atoms with E-state index in [0.717, 1.165) is 24.0 Å². The number of fused-ring (bicyclic) bond motifs is 1. The Morgan fingerprint density at radius 3 is 2.47 bits per heavy atom. The maximum Gasteiger partial charge on any atom is 0.341 e. The zero-order valence-electron chi connectivity index (χ0n) is 17.4. The Hall–Kier alpha value is -3.93. The number of carboxylic acid groups (broad SMARTS) is 1. The van der Waals surface area contributed by atoms with Crippen molar-refractivity contribution in [2.24, 2.45) is 0 Å². The van der Waals surface area contributed by atoms with Crippen molar-refractivity contribution in [2.45, 2.75) is 25.2 Å². The van der Waals surface area contributed by atoms with Gasteiger partial charge in [-0.3, -0.25) is 9.59 Å². The Balaban J connectivity index is 1.59. The summed E-state index contributed by atoms with van der Waals surface area (Å²) in [6, 6.07) is 21.3. The molecule has 1 aliphatic rings. The van der Waals surface area contributed by atoms with E-state index < -0.39 is 18.5 Å². The van der Waals surface area contributed by atoms with Crippen molar-refractivity contribution >= 4 is 23.3 Å². The van der Waals surface area contributed by atoms with E-state index >= 15 is 0 Å². The van der Waals surface area contributed by atoms with E-state index in [-0.39, 0.29) is 11.7 Å². The van der Waals surface area contributed by atoms with E-state index in [1.54, 1.807) is 60.7 Å². The highest BCUT2D eigenvalue weighted by Crippen LogP contribution is 2.37. The van der Waals surface area contributed by atoms with Crippen LogP contribution in [-0.4, -0.2) is 29.4 Å². The zero-order valence-corrected chi connectivity index (χ0v) is 17.4. The molecule has 0 bridgehead atoms. The van der Waals surface area contributed by atoms with Crippen LogP contribution in [0.4, 0.5) is 5.69 Å². The van der Waals surface area contributed by atoms with Crippen LogP contribution in [0.5, 0.6) is 5.75 Å². The smallest absolute Gasteiger partial charge is 0.341 e. The Morgan fingerprint density at radius 1 is 0.938 bits per heavy atom. The van der Waals surface area contributed by atoms with Crippen molar-refractivity contribution in [1.82, 2.24) is 0 Å². The molecule has 2 N–H and O–H groups in total. The van der Waals surface area contributed by atoms with Gasteiger partial charge in [0.05, 0.1) is 11.6 Å². The molecule has 162 valence electrons. The maximum atomic E-state index is 13.3. The summed E-state index contributed by atoms with van der Waals surface area (Å²) in [4.78, 5) is 37.1. The number of benzene rings is 3. The molecular weight excluding hydrogens is 406 g/mol. The van der Waals surface area contributed by atoms with Crippen LogP contribution in [0.3, 0.4) is 0 Å². The zero-order chi connectivity index (χ0) is 22.5. The van der Waals surface area contributed by atoms with Crippen molar-refractivity contribution in [1.29, 1.82) is 0 Å². The molecule has 1 unspecified atom stereocenters. The lowest BCUT2D eigenvalue weighted by Gasteiger charge is -2.26. The average Bonchev–Trinajstić information content (AvgIpc) is 2.82. The molecule has 1 amide bonds. The van der Waals surface area contributed by atoms with Crippen molar-refractivity contribution in [3.8, 4) is 5.75 Å². The fraction of sp³-hybridized carbons (Fsp3) is 0.192. The largest absolute Gasteiger partial charge is 0.482 e. The van der Waals surface area contributed by atoms with Gasteiger partial charge in [0.2, 0.25) is 5.91 Å². The van der Waals surface area contributed by atoms with Gasteiger partial charge in [-0.15, -0.1) is 0 Å². The van der Waals surface area contributed by atoms with E-state index in [4.69, 9.17) is 9.84 Å². The lowest BCUT2D eigenvalue weighted by molar-refractivity contribution is -0.139. The van der Waals surface area contributed by atoms with Gasteiger partial charge >= 0.3 is 5.97 Å². The molecule has 0 aromatic heterocycles. The molecule has 1 atom stereocenters. The highest BCUT2D eigenvalue weighted by atomic mass is 16.5. The number of ketones is 1. The molecule has 6 heteroatoms. The minimum Gasteiger partial charge on any atom is -0.482 e. The third-order valence-corrected chi connectivity index (χ3v) is 5.60. The van der Waals surface area contributed by atoms with Crippen LogP contribution in [0.25, 0.3) is 0 Å². The summed E-state index contributed by atoms with van der Waals surface area (Å²) in [7, 11) is 0. The van der Waals surface area contributed by atoms with Crippen LogP contribution in [0.1, 0.15) is 45.8 Å². The first-order chi connectivity index (χ1) is 15.5. The molecule has 1 aliphatic carbocycles. The van der Waals surface area contributed by atoms with Crippen LogP contribution >= 0.6 is 0 Å². The number of aliphatic carboxylic acids is 1. The summed E-state index contributed by atoms with van der Waals surface area (Å²) < 4.78 is 5.44. The average molecular weight is 429 g/mol. The molecule has 0 spiro atoms. The van der Waals surface area contributed by atoms with Gasteiger partial charge in [-0.05, 0) is 48.6 Å². The molecule has 0 saturated heterocycles. The Labute approximate surface area is 185 Å². The molecule has 0 radical (unpaired) electrons. The summed E-state index contributed by atoms with van der Waals surface area (Å²) in [5.74, 6) is -1.31. The lowest BCUT2D eigenvalue weighted by Crippen LogP contribution is -2.26. The first-order valence-corrected chi connectivity index (χ1v) is 10.5. The number of nitrogens with one attached hydrogen (secondary N) is 1. The predicted octanol–water partition coefficient (Wildman–Crippen LogP) is 4.44. The second-order valence-electron chi connectivity index (χ2n) is 7.68. The van der Waals surface area contributed by atoms with Gasteiger partial charge in [0.1, 0.15) is 5.75 Å². The van der Waals surface area contributed by atoms with Gasteiger partial charge in [0.25, 0.3) is 0 Å². The van der Waals surface area contributed by atoms with Crippen LogP contribution in [0.2, 0.25) is 0 Å². The molecule has 4 rings (SSSR count). The van der Waals surface area contributed by atoms with Gasteiger partial charge in [-0.25, -0.2) is 4.79 Å². The minimum absolute atomic E-state index is 0.157. The molecule has 0 aliphatic heterocycles. The first-order valence-electron chi connectivity index (χ1n) is 10.5. The molecule has 0 saturated carbocycles. The summed E-state index contributed by atoms with van der Waals surface area (Å²) in [5, 5.41) is 11.9. The highest BCUT2D eigenvalue weighted by Gasteiger charge is 2.29. The lowest BCUT2D eigenvalue weighted by atomic mass is 9.81. The minimum atomic E-state index is -1.05. The number of anilines is 1. The second kappa shape index (κ2) is 9.47. The standard InChI is InChI=1S/C26H23NO5/c28-24(29)16-32-23-15-7-11-18-19(23)12-6-13-20(18)26(31)27-22-14-5-4-10-21(22)25(30)17-8-2-1-3-9-17/h1-5,7-11,14-15,20H,6,12-13,16H2,(H,27,31)(H,28,29). The molecule has 6 nitrogen and oxygen atoms in total. The van der Waals surface area contributed by atoms with Crippen LogP contribution in [0, 0.1) is 0 Å². The van der Waals surface area contributed by atoms with Gasteiger partial charge in [0.15, 0.2) is 12.4 Å². The van der Waals surface area contributed by atoms with E-state index in [1.165, 1.54) is 0 Å². The predicted molar refractivity (Wildman–Crippen MR) is 120 cm³/mol. The topological polar surface area (TPSA) is 92.7 Å². The number of carbonyl (C=O) groups is 3. The van der Waals surface area contributed by atoms with E-state index in [0.29, 0.717) is 29.0 Å². The van der Waals surface area contributed by atoms with Crippen molar-refractivity contribution in [3.05, 3.63) is 95.1 Å². The third-order valence-electron chi connectivity index (χ3n) is 5.60. The van der Waals surface area contributed by atoms with E-state index in [2.05, 4.69) is 5.32 Å². The molecular formula is C26H23NO5. The number of para-hydroxylation sites is 1. The third kappa shape index (κ3) is 4.54. The summed E-state index contributed by atoms with van der Waals surface area (Å²) >= 11 is 0. The number of hydrogen-bond donors (Lipinski definition) is 2. The number of rotatable bonds is 7. The number of carboxylic acids is 1. The monoisotopic (exact) mass is 429 g/mol.